The first-order chi connectivity index (χ1) is 16.0. The minimum Gasteiger partial charge on any atom is -0.462 e. The number of nitrogens with zero attached hydrogens (tertiary/aromatic N) is 1. The summed E-state index contributed by atoms with van der Waals surface area (Å²) in [5.74, 6) is -1.23. The van der Waals surface area contributed by atoms with E-state index in [9.17, 15) is 19.2 Å². The summed E-state index contributed by atoms with van der Waals surface area (Å²) in [4.78, 5) is 51.2. The van der Waals surface area contributed by atoms with Gasteiger partial charge in [0.1, 0.15) is 0 Å². The highest BCUT2D eigenvalue weighted by Crippen LogP contribution is 2.34. The maximum Gasteiger partial charge on any atom is 0.338 e. The SMILES string of the molecule is CCOC(=O)c1ccc(N2C(=O)CC(Sc3ccc(NC(=O)c4ccco4)cc3)C2=O)cc1. The van der Waals surface area contributed by atoms with E-state index in [-0.39, 0.29) is 36.5 Å². The van der Waals surface area contributed by atoms with Crippen LogP contribution in [0.3, 0.4) is 0 Å². The van der Waals surface area contributed by atoms with Crippen LogP contribution in [0.1, 0.15) is 34.3 Å². The van der Waals surface area contributed by atoms with Gasteiger partial charge >= 0.3 is 5.97 Å². The van der Waals surface area contributed by atoms with Crippen LogP contribution in [0.25, 0.3) is 0 Å². The van der Waals surface area contributed by atoms with Crippen molar-refractivity contribution in [3.8, 4) is 0 Å². The van der Waals surface area contributed by atoms with Crippen molar-refractivity contribution in [1.29, 1.82) is 0 Å². The molecule has 1 aliphatic heterocycles. The fourth-order valence-corrected chi connectivity index (χ4v) is 4.36. The molecule has 33 heavy (non-hydrogen) atoms. The molecular formula is C24H20N2O6S. The van der Waals surface area contributed by atoms with Crippen molar-refractivity contribution in [3.63, 3.8) is 0 Å². The first-order valence-electron chi connectivity index (χ1n) is 10.2. The largest absolute Gasteiger partial charge is 0.462 e. The van der Waals surface area contributed by atoms with E-state index in [1.165, 1.54) is 30.2 Å². The Labute approximate surface area is 193 Å². The molecule has 0 radical (unpaired) electrons. The zero-order chi connectivity index (χ0) is 23.4. The smallest absolute Gasteiger partial charge is 0.338 e. The number of imide groups is 1. The summed E-state index contributed by atoms with van der Waals surface area (Å²) in [6.07, 6.45) is 1.49. The summed E-state index contributed by atoms with van der Waals surface area (Å²) in [5.41, 5.74) is 1.35. The number of carbonyl (C=O) groups excluding carboxylic acids is 4. The van der Waals surface area contributed by atoms with Crippen LogP contribution >= 0.6 is 11.8 Å². The molecule has 3 amide bonds. The molecule has 0 spiro atoms. The van der Waals surface area contributed by atoms with Crippen LogP contribution in [0.2, 0.25) is 0 Å². The number of nitrogens with one attached hydrogen (secondary N) is 1. The number of benzene rings is 2. The Morgan fingerprint density at radius 3 is 2.45 bits per heavy atom. The number of thioether (sulfide) groups is 1. The summed E-state index contributed by atoms with van der Waals surface area (Å²) in [6, 6.07) is 16.4. The van der Waals surface area contributed by atoms with Gasteiger partial charge in [0, 0.05) is 17.0 Å². The van der Waals surface area contributed by atoms with Gasteiger partial charge in [0.05, 0.1) is 29.4 Å². The Balaban J connectivity index is 1.39. The Hall–Kier alpha value is -3.85. The minimum absolute atomic E-state index is 0.0696. The first-order valence-corrected chi connectivity index (χ1v) is 11.1. The highest BCUT2D eigenvalue weighted by Gasteiger charge is 2.40. The molecule has 3 aromatic rings. The first kappa shape index (κ1) is 22.3. The monoisotopic (exact) mass is 464 g/mol. The number of hydrogen-bond donors (Lipinski definition) is 1. The molecule has 9 heteroatoms. The fourth-order valence-electron chi connectivity index (χ4n) is 3.31. The second kappa shape index (κ2) is 9.74. The van der Waals surface area contributed by atoms with Gasteiger partial charge in [-0.15, -0.1) is 11.8 Å². The second-order valence-corrected chi connectivity index (χ2v) is 8.38. The third-order valence-electron chi connectivity index (χ3n) is 4.88. The van der Waals surface area contributed by atoms with Gasteiger partial charge in [0.2, 0.25) is 11.8 Å². The van der Waals surface area contributed by atoms with Gasteiger partial charge in [-0.3, -0.25) is 14.4 Å². The second-order valence-electron chi connectivity index (χ2n) is 7.10. The van der Waals surface area contributed by atoms with Gasteiger partial charge in [-0.1, -0.05) is 0 Å². The highest BCUT2D eigenvalue weighted by molar-refractivity contribution is 8.00. The van der Waals surface area contributed by atoms with Gasteiger partial charge in [0.25, 0.3) is 5.91 Å². The van der Waals surface area contributed by atoms with Crippen molar-refractivity contribution in [2.75, 3.05) is 16.8 Å². The highest BCUT2D eigenvalue weighted by atomic mass is 32.2. The van der Waals surface area contributed by atoms with Gasteiger partial charge < -0.3 is 14.5 Å². The predicted molar refractivity (Wildman–Crippen MR) is 122 cm³/mol. The predicted octanol–water partition coefficient (Wildman–Crippen LogP) is 4.13. The van der Waals surface area contributed by atoms with E-state index >= 15 is 0 Å². The summed E-state index contributed by atoms with van der Waals surface area (Å²) in [5, 5.41) is 2.16. The van der Waals surface area contributed by atoms with Crippen LogP contribution in [-0.2, 0) is 14.3 Å². The molecular weight excluding hydrogens is 444 g/mol. The number of esters is 1. The normalized spacial score (nSPS) is 15.5. The lowest BCUT2D eigenvalue weighted by Crippen LogP contribution is -2.31. The molecule has 1 atom stereocenters. The summed E-state index contributed by atoms with van der Waals surface area (Å²) in [6.45, 7) is 1.98. The number of rotatable bonds is 7. The van der Waals surface area contributed by atoms with Gasteiger partial charge in [-0.25, -0.2) is 9.69 Å². The van der Waals surface area contributed by atoms with Crippen molar-refractivity contribution < 1.29 is 28.3 Å². The molecule has 1 N–H and O–H groups in total. The number of carbonyl (C=O) groups is 4. The van der Waals surface area contributed by atoms with Crippen LogP contribution in [0.5, 0.6) is 0 Å². The standard InChI is InChI=1S/C24H20N2O6S/c1-2-31-24(30)15-5-9-17(10-6-15)26-21(27)14-20(23(26)29)33-18-11-7-16(8-12-18)25-22(28)19-4-3-13-32-19/h3-13,20H,2,14H2,1H3,(H,25,28). The maximum atomic E-state index is 12.9. The minimum atomic E-state index is -0.564. The van der Waals surface area contributed by atoms with E-state index in [2.05, 4.69) is 5.32 Å². The molecule has 0 saturated carbocycles. The number of hydrogen-bond acceptors (Lipinski definition) is 7. The summed E-state index contributed by atoms with van der Waals surface area (Å²) in [7, 11) is 0. The van der Waals surface area contributed by atoms with Crippen LogP contribution in [0.4, 0.5) is 11.4 Å². The summed E-state index contributed by atoms with van der Waals surface area (Å²) >= 11 is 1.28. The molecule has 2 heterocycles. The van der Waals surface area contributed by atoms with E-state index in [0.717, 1.165) is 9.80 Å². The number of anilines is 2. The average molecular weight is 464 g/mol. The molecule has 1 saturated heterocycles. The fraction of sp³-hybridized carbons (Fsp3) is 0.167. The Kier molecular flexibility index (Phi) is 6.60. The Bertz CT molecular complexity index is 1170. The zero-order valence-corrected chi connectivity index (χ0v) is 18.5. The van der Waals surface area contributed by atoms with Crippen molar-refractivity contribution in [3.05, 3.63) is 78.3 Å². The van der Waals surface area contributed by atoms with E-state index in [1.54, 1.807) is 55.5 Å². The van der Waals surface area contributed by atoms with Crippen LogP contribution in [-0.4, -0.2) is 35.5 Å². The molecule has 4 rings (SSSR count). The lowest BCUT2D eigenvalue weighted by molar-refractivity contribution is -0.121. The molecule has 0 bridgehead atoms. The van der Waals surface area contributed by atoms with Crippen molar-refractivity contribution >= 4 is 46.8 Å². The van der Waals surface area contributed by atoms with E-state index in [4.69, 9.17) is 9.15 Å². The quantitative estimate of drug-likeness (QED) is 0.414. The van der Waals surface area contributed by atoms with Crippen molar-refractivity contribution in [2.45, 2.75) is 23.5 Å². The number of amides is 3. The topological polar surface area (TPSA) is 106 Å². The van der Waals surface area contributed by atoms with E-state index < -0.39 is 11.2 Å². The van der Waals surface area contributed by atoms with Crippen molar-refractivity contribution in [1.82, 2.24) is 0 Å². The van der Waals surface area contributed by atoms with E-state index in [0.29, 0.717) is 16.9 Å². The van der Waals surface area contributed by atoms with Crippen molar-refractivity contribution in [2.24, 2.45) is 0 Å². The van der Waals surface area contributed by atoms with Crippen LogP contribution in [0, 0.1) is 0 Å². The molecule has 1 aliphatic rings. The van der Waals surface area contributed by atoms with E-state index in [1.807, 2.05) is 0 Å². The van der Waals surface area contributed by atoms with Gasteiger partial charge in [-0.2, -0.15) is 0 Å². The number of furan rings is 1. The lowest BCUT2D eigenvalue weighted by Gasteiger charge is -2.15. The molecule has 8 nitrogen and oxygen atoms in total. The molecule has 168 valence electrons. The zero-order valence-electron chi connectivity index (χ0n) is 17.6. The van der Waals surface area contributed by atoms with Crippen LogP contribution < -0.4 is 10.2 Å². The lowest BCUT2D eigenvalue weighted by atomic mass is 10.2. The Morgan fingerprint density at radius 1 is 1.09 bits per heavy atom. The molecule has 1 fully saturated rings. The number of ether oxygens (including phenoxy) is 1. The van der Waals surface area contributed by atoms with Gasteiger partial charge in [-0.05, 0) is 67.6 Å². The molecule has 0 aliphatic carbocycles. The molecule has 2 aromatic carbocycles. The summed E-state index contributed by atoms with van der Waals surface area (Å²) < 4.78 is 10.0. The third-order valence-corrected chi connectivity index (χ3v) is 6.07. The average Bonchev–Trinajstić information content (AvgIpc) is 3.44. The maximum absolute atomic E-state index is 12.9. The van der Waals surface area contributed by atoms with Crippen LogP contribution in [0.15, 0.2) is 76.2 Å². The van der Waals surface area contributed by atoms with Gasteiger partial charge in [0.15, 0.2) is 5.76 Å². The molecule has 1 aromatic heterocycles. The Morgan fingerprint density at radius 2 is 1.82 bits per heavy atom. The third kappa shape index (κ3) is 4.98. The molecule has 1 unspecified atom stereocenters.